The van der Waals surface area contributed by atoms with Crippen molar-refractivity contribution in [3.05, 3.63) is 72.2 Å². The van der Waals surface area contributed by atoms with Gasteiger partial charge in [0.15, 0.2) is 11.6 Å². The summed E-state index contributed by atoms with van der Waals surface area (Å²) in [5.41, 5.74) is 4.63. The third-order valence-electron chi connectivity index (χ3n) is 6.82. The van der Waals surface area contributed by atoms with E-state index in [1.165, 1.54) is 5.56 Å². The number of fused-ring (bicyclic) bond motifs is 2. The predicted octanol–water partition coefficient (Wildman–Crippen LogP) is 4.66. The maximum absolute atomic E-state index is 14.7. The highest BCUT2D eigenvalue weighted by molar-refractivity contribution is 6.04. The van der Waals surface area contributed by atoms with Crippen molar-refractivity contribution in [1.82, 2.24) is 14.9 Å². The van der Waals surface area contributed by atoms with Crippen LogP contribution in [0.1, 0.15) is 18.4 Å². The average molecular weight is 502 g/mol. The fourth-order valence-electron chi connectivity index (χ4n) is 4.61. The molecule has 37 heavy (non-hydrogen) atoms. The molecular weight excluding hydrogens is 469 g/mol. The maximum atomic E-state index is 14.7. The molecule has 2 heterocycles. The Hall–Kier alpha value is -3.98. The smallest absolute Gasteiger partial charge is 0.250 e. The third kappa shape index (κ3) is 5.27. The lowest BCUT2D eigenvalue weighted by molar-refractivity contribution is -0.114. The van der Waals surface area contributed by atoms with Gasteiger partial charge >= 0.3 is 0 Å². The van der Waals surface area contributed by atoms with Crippen molar-refractivity contribution in [2.24, 2.45) is 0 Å². The second-order valence-electron chi connectivity index (χ2n) is 10.2. The van der Waals surface area contributed by atoms with Crippen LogP contribution in [0.5, 0.6) is 0 Å². The number of anilines is 6. The van der Waals surface area contributed by atoms with Gasteiger partial charge in [-0.25, -0.2) is 9.37 Å². The summed E-state index contributed by atoms with van der Waals surface area (Å²) in [4.78, 5) is 27.3. The fourth-order valence-corrected chi connectivity index (χ4v) is 4.61. The molecule has 0 unspecified atom stereocenters. The molecule has 1 aliphatic heterocycles. The quantitative estimate of drug-likeness (QED) is 0.435. The van der Waals surface area contributed by atoms with E-state index < -0.39 is 5.82 Å². The van der Waals surface area contributed by atoms with Crippen LogP contribution in [0.3, 0.4) is 0 Å². The Bertz CT molecular complexity index is 1330. The first kappa shape index (κ1) is 24.7. The van der Waals surface area contributed by atoms with Gasteiger partial charge in [-0.2, -0.15) is 4.98 Å². The van der Waals surface area contributed by atoms with E-state index >= 15 is 0 Å². The van der Waals surface area contributed by atoms with Gasteiger partial charge in [0.2, 0.25) is 5.95 Å². The summed E-state index contributed by atoms with van der Waals surface area (Å²) in [5.74, 6) is -0.260. The van der Waals surface area contributed by atoms with Crippen molar-refractivity contribution in [1.29, 1.82) is 0 Å². The third-order valence-corrected chi connectivity index (χ3v) is 6.82. The van der Waals surface area contributed by atoms with Crippen LogP contribution >= 0.6 is 0 Å². The number of halogens is 1. The monoisotopic (exact) mass is 501 g/mol. The number of carbonyl (C=O) groups excluding carboxylic acids is 1. The van der Waals surface area contributed by atoms with Crippen molar-refractivity contribution < 1.29 is 9.18 Å². The van der Waals surface area contributed by atoms with Crippen molar-refractivity contribution in [3.63, 3.8) is 0 Å². The van der Waals surface area contributed by atoms with Crippen LogP contribution in [0.2, 0.25) is 0 Å². The minimum atomic E-state index is -0.563. The zero-order valence-corrected chi connectivity index (χ0v) is 21.6. The molecule has 0 bridgehead atoms. The van der Waals surface area contributed by atoms with E-state index in [-0.39, 0.29) is 23.1 Å². The first-order valence-corrected chi connectivity index (χ1v) is 12.4. The molecule has 1 fully saturated rings. The first-order valence-electron chi connectivity index (χ1n) is 12.4. The van der Waals surface area contributed by atoms with Crippen molar-refractivity contribution >= 4 is 40.4 Å². The van der Waals surface area contributed by atoms with Crippen LogP contribution in [-0.2, 0) is 10.2 Å². The summed E-state index contributed by atoms with van der Waals surface area (Å²) in [6, 6.07) is 13.7. The van der Waals surface area contributed by atoms with Crippen molar-refractivity contribution in [2.45, 2.75) is 18.3 Å². The van der Waals surface area contributed by atoms with Crippen molar-refractivity contribution in [2.75, 3.05) is 61.7 Å². The fraction of sp³-hybridized carbons (Fsp3) is 0.321. The average Bonchev–Trinajstić information content (AvgIpc) is 3.57. The second kappa shape index (κ2) is 9.82. The van der Waals surface area contributed by atoms with E-state index in [4.69, 9.17) is 0 Å². The number of likely N-dealkylation sites (N-methyl/N-ethyl adjacent to an activating group) is 1. The summed E-state index contributed by atoms with van der Waals surface area (Å²) in [6.07, 6.45) is 6.80. The van der Waals surface area contributed by atoms with Crippen LogP contribution in [0, 0.1) is 5.82 Å². The van der Waals surface area contributed by atoms with Gasteiger partial charge in [-0.15, -0.1) is 0 Å². The van der Waals surface area contributed by atoms with E-state index in [1.807, 2.05) is 91.4 Å². The molecule has 0 atom stereocenters. The van der Waals surface area contributed by atoms with Gasteiger partial charge in [-0.05, 0) is 68.9 Å². The number of amides is 1. The van der Waals surface area contributed by atoms with Crippen LogP contribution in [0.15, 0.2) is 60.8 Å². The predicted molar refractivity (Wildman–Crippen MR) is 147 cm³/mol. The molecule has 3 aromatic rings. The molecule has 1 aromatic heterocycles. The topological polar surface area (TPSA) is 76.6 Å². The Labute approximate surface area is 216 Å². The molecule has 2 aromatic carbocycles. The van der Waals surface area contributed by atoms with Gasteiger partial charge in [0.25, 0.3) is 5.91 Å². The van der Waals surface area contributed by atoms with Gasteiger partial charge in [-0.1, -0.05) is 12.1 Å². The molecule has 5 rings (SSSR count). The highest BCUT2D eigenvalue weighted by Gasteiger charge is 2.52. The van der Waals surface area contributed by atoms with Crippen molar-refractivity contribution in [3.8, 4) is 0 Å². The number of carbonyl (C=O) groups is 1. The first-order chi connectivity index (χ1) is 17.7. The standard InChI is InChI=1S/C28H32FN7O/c1-34(2)15-5-6-25(37)36-18-28(13-14-28)22-12-9-20(16-24(22)36)31-26-23(29)17-30-27(33-26)32-19-7-10-21(11-8-19)35(3)4/h5-12,16-17H,13-15,18H2,1-4H3,(H2,30,31,32,33). The van der Waals surface area contributed by atoms with E-state index in [9.17, 15) is 9.18 Å². The van der Waals surface area contributed by atoms with E-state index in [2.05, 4.69) is 20.6 Å². The second-order valence-corrected chi connectivity index (χ2v) is 10.2. The Morgan fingerprint density at radius 2 is 1.81 bits per heavy atom. The largest absolute Gasteiger partial charge is 0.378 e. The number of hydrogen-bond acceptors (Lipinski definition) is 7. The summed E-state index contributed by atoms with van der Waals surface area (Å²) in [5, 5.41) is 6.20. The SMILES string of the molecule is CN(C)CC=CC(=O)N1CC2(CC2)c2ccc(Nc3nc(Nc4ccc(N(C)C)cc4)ncc3F)cc21. The Morgan fingerprint density at radius 1 is 1.08 bits per heavy atom. The lowest BCUT2D eigenvalue weighted by atomic mass is 9.98. The number of benzene rings is 2. The van der Waals surface area contributed by atoms with Gasteiger partial charge in [0, 0.05) is 61.4 Å². The number of hydrogen-bond donors (Lipinski definition) is 2. The minimum absolute atomic E-state index is 0.0380. The van der Waals surface area contributed by atoms with Gasteiger partial charge in [0.1, 0.15) is 0 Å². The van der Waals surface area contributed by atoms with Crippen LogP contribution < -0.4 is 20.4 Å². The van der Waals surface area contributed by atoms with Crippen LogP contribution in [0.25, 0.3) is 0 Å². The maximum Gasteiger partial charge on any atom is 0.250 e. The number of rotatable bonds is 8. The molecule has 1 amide bonds. The van der Waals surface area contributed by atoms with E-state index in [0.29, 0.717) is 18.8 Å². The summed E-state index contributed by atoms with van der Waals surface area (Å²) in [7, 11) is 7.88. The zero-order valence-electron chi connectivity index (χ0n) is 21.6. The molecule has 1 saturated carbocycles. The van der Waals surface area contributed by atoms with E-state index in [0.717, 1.165) is 36.1 Å². The molecule has 2 N–H and O–H groups in total. The summed E-state index contributed by atoms with van der Waals surface area (Å²) in [6.45, 7) is 1.38. The Morgan fingerprint density at radius 3 is 2.49 bits per heavy atom. The molecule has 1 aliphatic carbocycles. The normalized spacial score (nSPS) is 15.4. The zero-order chi connectivity index (χ0) is 26.2. The molecular formula is C28H32FN7O. The number of aromatic nitrogens is 2. The number of nitrogens with one attached hydrogen (secondary N) is 2. The van der Waals surface area contributed by atoms with Gasteiger partial charge < -0.3 is 25.3 Å². The molecule has 8 nitrogen and oxygen atoms in total. The van der Waals surface area contributed by atoms with E-state index in [1.54, 1.807) is 6.08 Å². The molecule has 192 valence electrons. The highest BCUT2D eigenvalue weighted by atomic mass is 19.1. The Balaban J connectivity index is 1.36. The van der Waals surface area contributed by atoms with Crippen LogP contribution in [-0.4, -0.2) is 62.1 Å². The lowest BCUT2D eigenvalue weighted by Gasteiger charge is -2.17. The Kier molecular flexibility index (Phi) is 6.55. The van der Waals surface area contributed by atoms with Gasteiger partial charge in [0.05, 0.1) is 6.20 Å². The number of nitrogens with zero attached hydrogens (tertiary/aromatic N) is 5. The van der Waals surface area contributed by atoms with Crippen LogP contribution in [0.4, 0.5) is 38.9 Å². The molecule has 0 saturated heterocycles. The molecule has 9 heteroatoms. The molecule has 2 aliphatic rings. The van der Waals surface area contributed by atoms with Gasteiger partial charge in [-0.3, -0.25) is 4.79 Å². The summed E-state index contributed by atoms with van der Waals surface area (Å²) < 4.78 is 14.7. The minimum Gasteiger partial charge on any atom is -0.378 e. The molecule has 1 spiro atoms. The summed E-state index contributed by atoms with van der Waals surface area (Å²) >= 11 is 0. The molecule has 0 radical (unpaired) electrons. The highest BCUT2D eigenvalue weighted by Crippen LogP contribution is 2.57. The lowest BCUT2D eigenvalue weighted by Crippen LogP contribution is -2.30.